The molecule has 0 aromatic heterocycles. The van der Waals surface area contributed by atoms with E-state index in [0.29, 0.717) is 17.9 Å². The molecule has 0 spiro atoms. The predicted molar refractivity (Wildman–Crippen MR) is 79.3 cm³/mol. The monoisotopic (exact) mass is 273 g/mol. The van der Waals surface area contributed by atoms with E-state index in [2.05, 4.69) is 20.8 Å². The summed E-state index contributed by atoms with van der Waals surface area (Å²) in [6.45, 7) is 6.25. The Morgan fingerprint density at radius 1 is 1.20 bits per heavy atom. The van der Waals surface area contributed by atoms with Crippen molar-refractivity contribution < 1.29 is 9.59 Å². The Hall–Kier alpha value is -1.64. The van der Waals surface area contributed by atoms with Crippen molar-refractivity contribution in [1.29, 1.82) is 0 Å². The van der Waals surface area contributed by atoms with Crippen molar-refractivity contribution in [1.82, 2.24) is 4.90 Å². The summed E-state index contributed by atoms with van der Waals surface area (Å²) in [7, 11) is 0. The minimum atomic E-state index is -0.150. The molecule has 1 fully saturated rings. The first-order chi connectivity index (χ1) is 9.50. The summed E-state index contributed by atoms with van der Waals surface area (Å²) in [5.74, 6) is 0.472. The average molecular weight is 273 g/mol. The summed E-state index contributed by atoms with van der Waals surface area (Å²) in [5.41, 5.74) is 0.598. The summed E-state index contributed by atoms with van der Waals surface area (Å²) < 4.78 is 0. The number of amides is 2. The molecule has 108 valence electrons. The van der Waals surface area contributed by atoms with Crippen molar-refractivity contribution in [3.8, 4) is 0 Å². The molecule has 0 bridgehead atoms. The van der Waals surface area contributed by atoms with E-state index in [4.69, 9.17) is 0 Å². The lowest BCUT2D eigenvalue weighted by molar-refractivity contribution is -0.131. The van der Waals surface area contributed by atoms with E-state index < -0.39 is 0 Å². The van der Waals surface area contributed by atoms with Gasteiger partial charge in [-0.2, -0.15) is 0 Å². The third-order valence-corrected chi connectivity index (χ3v) is 4.09. The third kappa shape index (κ3) is 3.09. The molecule has 3 heteroatoms. The van der Waals surface area contributed by atoms with Crippen LogP contribution in [-0.2, 0) is 4.79 Å². The molecule has 1 aromatic rings. The van der Waals surface area contributed by atoms with Crippen LogP contribution in [0.25, 0.3) is 0 Å². The van der Waals surface area contributed by atoms with Crippen LogP contribution in [0.2, 0.25) is 0 Å². The molecule has 2 rings (SSSR count). The number of likely N-dealkylation sites (tertiary alicyclic amines) is 1. The van der Waals surface area contributed by atoms with Gasteiger partial charge in [-0.3, -0.25) is 14.5 Å². The second kappa shape index (κ2) is 6.21. The van der Waals surface area contributed by atoms with E-state index in [1.807, 2.05) is 18.2 Å². The Kier molecular flexibility index (Phi) is 4.58. The van der Waals surface area contributed by atoms with E-state index in [0.717, 1.165) is 12.8 Å². The lowest BCUT2D eigenvalue weighted by Crippen LogP contribution is -2.46. The molecule has 1 saturated heterocycles. The van der Waals surface area contributed by atoms with Crippen LogP contribution in [0, 0.1) is 11.8 Å². The molecular formula is C17H23NO2. The van der Waals surface area contributed by atoms with Crippen molar-refractivity contribution >= 4 is 11.8 Å². The summed E-state index contributed by atoms with van der Waals surface area (Å²) in [4.78, 5) is 26.7. The lowest BCUT2D eigenvalue weighted by Gasteiger charge is -2.31. The van der Waals surface area contributed by atoms with Gasteiger partial charge in [0.05, 0.1) is 0 Å². The maximum absolute atomic E-state index is 12.7. The Morgan fingerprint density at radius 2 is 1.85 bits per heavy atom. The Balaban J connectivity index is 2.33. The van der Waals surface area contributed by atoms with E-state index in [1.165, 1.54) is 4.90 Å². The Labute approximate surface area is 121 Å². The van der Waals surface area contributed by atoms with Crippen LogP contribution in [0.3, 0.4) is 0 Å². The zero-order chi connectivity index (χ0) is 14.7. The normalized spacial score (nSPS) is 23.8. The van der Waals surface area contributed by atoms with Crippen LogP contribution in [-0.4, -0.2) is 22.8 Å². The van der Waals surface area contributed by atoms with Crippen molar-refractivity contribution in [2.24, 2.45) is 11.8 Å². The molecule has 2 atom stereocenters. The molecule has 0 saturated carbocycles. The third-order valence-electron chi connectivity index (χ3n) is 4.09. The van der Waals surface area contributed by atoms with Gasteiger partial charge in [0, 0.05) is 18.0 Å². The molecule has 1 aliphatic rings. The van der Waals surface area contributed by atoms with E-state index in [9.17, 15) is 9.59 Å². The topological polar surface area (TPSA) is 37.4 Å². The van der Waals surface area contributed by atoms with Crippen LogP contribution in [0.15, 0.2) is 30.3 Å². The van der Waals surface area contributed by atoms with Crippen molar-refractivity contribution in [3.63, 3.8) is 0 Å². The maximum atomic E-state index is 12.7. The molecule has 1 aromatic carbocycles. The van der Waals surface area contributed by atoms with Gasteiger partial charge in [-0.1, -0.05) is 39.0 Å². The van der Waals surface area contributed by atoms with E-state index in [-0.39, 0.29) is 23.8 Å². The first kappa shape index (κ1) is 14.8. The fourth-order valence-electron chi connectivity index (χ4n) is 2.88. The number of carbonyl (C=O) groups is 2. The number of nitrogens with zero attached hydrogens (tertiary/aromatic N) is 1. The molecule has 20 heavy (non-hydrogen) atoms. The second-order valence-corrected chi connectivity index (χ2v) is 6.13. The lowest BCUT2D eigenvalue weighted by atomic mass is 9.95. The predicted octanol–water partition coefficient (Wildman–Crippen LogP) is 3.50. The van der Waals surface area contributed by atoms with Crippen LogP contribution in [0.5, 0.6) is 0 Å². The Bertz CT molecular complexity index is 481. The molecule has 0 aliphatic carbocycles. The first-order valence-corrected chi connectivity index (χ1v) is 7.42. The molecule has 3 nitrogen and oxygen atoms in total. The van der Waals surface area contributed by atoms with Gasteiger partial charge in [0.25, 0.3) is 5.91 Å². The molecular weight excluding hydrogens is 250 g/mol. The van der Waals surface area contributed by atoms with Gasteiger partial charge in [-0.25, -0.2) is 0 Å². The highest BCUT2D eigenvalue weighted by atomic mass is 16.2. The Morgan fingerprint density at radius 3 is 2.45 bits per heavy atom. The highest BCUT2D eigenvalue weighted by Crippen LogP contribution is 2.28. The molecule has 0 N–H and O–H groups in total. The van der Waals surface area contributed by atoms with Gasteiger partial charge < -0.3 is 0 Å². The maximum Gasteiger partial charge on any atom is 0.260 e. The molecule has 1 aliphatic heterocycles. The van der Waals surface area contributed by atoms with Gasteiger partial charge >= 0.3 is 0 Å². The van der Waals surface area contributed by atoms with Crippen molar-refractivity contribution in [3.05, 3.63) is 35.9 Å². The fraction of sp³-hybridized carbons (Fsp3) is 0.529. The summed E-state index contributed by atoms with van der Waals surface area (Å²) in [6, 6.07) is 9.12. The zero-order valence-corrected chi connectivity index (χ0v) is 12.5. The van der Waals surface area contributed by atoms with Crippen LogP contribution < -0.4 is 0 Å². The molecule has 0 unspecified atom stereocenters. The number of imide groups is 1. The van der Waals surface area contributed by atoms with E-state index >= 15 is 0 Å². The van der Waals surface area contributed by atoms with Crippen LogP contribution in [0.4, 0.5) is 0 Å². The van der Waals surface area contributed by atoms with Gasteiger partial charge in [-0.15, -0.1) is 0 Å². The van der Waals surface area contributed by atoms with Gasteiger partial charge in [-0.05, 0) is 36.8 Å². The molecule has 0 radical (unpaired) electrons. The minimum Gasteiger partial charge on any atom is -0.275 e. The van der Waals surface area contributed by atoms with Crippen molar-refractivity contribution in [2.45, 2.75) is 46.1 Å². The number of hydrogen-bond donors (Lipinski definition) is 0. The van der Waals surface area contributed by atoms with Crippen LogP contribution >= 0.6 is 0 Å². The summed E-state index contributed by atoms with van der Waals surface area (Å²) in [6.07, 6.45) is 2.39. The first-order valence-electron chi connectivity index (χ1n) is 7.42. The van der Waals surface area contributed by atoms with Gasteiger partial charge in [0.2, 0.25) is 5.91 Å². The fourth-order valence-corrected chi connectivity index (χ4v) is 2.88. The van der Waals surface area contributed by atoms with Crippen LogP contribution in [0.1, 0.15) is 50.4 Å². The van der Waals surface area contributed by atoms with Gasteiger partial charge in [0.15, 0.2) is 0 Å². The SMILES string of the molecule is CC(C)[C@@H]1CC[C@@H](C)CC(=O)N1C(=O)c1ccccc1. The summed E-state index contributed by atoms with van der Waals surface area (Å²) >= 11 is 0. The highest BCUT2D eigenvalue weighted by molar-refractivity contribution is 6.05. The smallest absolute Gasteiger partial charge is 0.260 e. The molecule has 2 amide bonds. The minimum absolute atomic E-state index is 0.0140. The summed E-state index contributed by atoms with van der Waals surface area (Å²) in [5, 5.41) is 0. The standard InChI is InChI=1S/C17H23NO2/c1-12(2)15-10-9-13(3)11-16(19)18(15)17(20)14-7-5-4-6-8-14/h4-8,12-13,15H,9-11H2,1-3H3/t13-,15+/m1/s1. The number of hydrogen-bond acceptors (Lipinski definition) is 2. The van der Waals surface area contributed by atoms with E-state index in [1.54, 1.807) is 12.1 Å². The number of benzene rings is 1. The zero-order valence-electron chi connectivity index (χ0n) is 12.5. The average Bonchev–Trinajstić information content (AvgIpc) is 2.57. The largest absolute Gasteiger partial charge is 0.275 e. The quantitative estimate of drug-likeness (QED) is 0.773. The molecule has 1 heterocycles. The van der Waals surface area contributed by atoms with Crippen molar-refractivity contribution in [2.75, 3.05) is 0 Å². The number of rotatable bonds is 2. The second-order valence-electron chi connectivity index (χ2n) is 6.13. The highest BCUT2D eigenvalue weighted by Gasteiger charge is 2.35. The number of carbonyl (C=O) groups excluding carboxylic acids is 2. The van der Waals surface area contributed by atoms with Gasteiger partial charge in [0.1, 0.15) is 0 Å².